The van der Waals surface area contributed by atoms with Crippen LogP contribution < -0.4 is 9.80 Å². The second kappa shape index (κ2) is 5.10. The van der Waals surface area contributed by atoms with Crippen molar-refractivity contribution >= 4 is 15.9 Å². The zero-order valence-electron chi connectivity index (χ0n) is 9.22. The Labute approximate surface area is 100 Å². The van der Waals surface area contributed by atoms with Gasteiger partial charge in [0.1, 0.15) is 32.7 Å². The summed E-state index contributed by atoms with van der Waals surface area (Å²) in [5.41, 5.74) is 1.44. The molecule has 0 unspecified atom stereocenters. The fourth-order valence-corrected chi connectivity index (χ4v) is 2.59. The minimum Gasteiger partial charge on any atom is -0.328 e. The van der Waals surface area contributed by atoms with Gasteiger partial charge < -0.3 is 9.80 Å². The molecule has 1 aliphatic heterocycles. The number of rotatable bonds is 2. The Kier molecular flexibility index (Phi) is 3.78. The van der Waals surface area contributed by atoms with E-state index in [1.165, 1.54) is 42.8 Å². The molecule has 1 fully saturated rings. The quantitative estimate of drug-likeness (QED) is 0.708. The molecule has 0 aliphatic carbocycles. The zero-order chi connectivity index (χ0) is 10.7. The largest absolute Gasteiger partial charge is 0.328 e. The number of hydrogen-bond donors (Lipinski definition) is 2. The maximum absolute atomic E-state index is 3.52. The summed E-state index contributed by atoms with van der Waals surface area (Å²) in [5.74, 6) is 0. The van der Waals surface area contributed by atoms with Crippen molar-refractivity contribution in [3.63, 3.8) is 0 Å². The van der Waals surface area contributed by atoms with Crippen LogP contribution in [0.15, 0.2) is 28.7 Å². The standard InChI is InChI=1S/C12H17BrN2/c1-14-5-7-15(8-6-14)10-11-3-2-4-12(13)9-11/h2-4,9H,5-8,10H2,1H3/p+2. The van der Waals surface area contributed by atoms with E-state index in [1.807, 2.05) is 0 Å². The van der Waals surface area contributed by atoms with Crippen molar-refractivity contribution in [2.75, 3.05) is 33.2 Å². The normalized spacial score (nSPS) is 26.5. The van der Waals surface area contributed by atoms with Gasteiger partial charge in [0.25, 0.3) is 0 Å². The second-order valence-corrected chi connectivity index (χ2v) is 5.43. The van der Waals surface area contributed by atoms with Crippen LogP contribution in [-0.2, 0) is 6.54 Å². The molecule has 0 radical (unpaired) electrons. The van der Waals surface area contributed by atoms with Gasteiger partial charge in [0.2, 0.25) is 0 Å². The molecule has 0 saturated carbocycles. The molecule has 0 bridgehead atoms. The monoisotopic (exact) mass is 270 g/mol. The first-order valence-corrected chi connectivity index (χ1v) is 6.42. The smallest absolute Gasteiger partial charge is 0.127 e. The van der Waals surface area contributed by atoms with Crippen molar-refractivity contribution in [1.29, 1.82) is 0 Å². The summed E-state index contributed by atoms with van der Waals surface area (Å²) in [6.45, 7) is 6.40. The van der Waals surface area contributed by atoms with E-state index in [4.69, 9.17) is 0 Å². The molecule has 0 spiro atoms. The van der Waals surface area contributed by atoms with Gasteiger partial charge in [0.05, 0.1) is 7.05 Å². The average molecular weight is 271 g/mol. The van der Waals surface area contributed by atoms with Crippen molar-refractivity contribution in [3.8, 4) is 0 Å². The van der Waals surface area contributed by atoms with Crippen LogP contribution in [-0.4, -0.2) is 33.2 Å². The molecule has 1 aromatic carbocycles. The topological polar surface area (TPSA) is 8.88 Å². The van der Waals surface area contributed by atoms with E-state index in [0.29, 0.717) is 0 Å². The van der Waals surface area contributed by atoms with E-state index in [2.05, 4.69) is 47.2 Å². The number of likely N-dealkylation sites (N-methyl/N-ethyl adjacent to an activating group) is 1. The van der Waals surface area contributed by atoms with Gasteiger partial charge >= 0.3 is 0 Å². The van der Waals surface area contributed by atoms with Gasteiger partial charge in [-0.25, -0.2) is 0 Å². The molecule has 2 N–H and O–H groups in total. The fourth-order valence-electron chi connectivity index (χ4n) is 2.14. The molecule has 1 aliphatic rings. The molecule has 2 rings (SSSR count). The molecular formula is C12H19BrN2+2. The number of piperazine rings is 1. The van der Waals surface area contributed by atoms with Gasteiger partial charge in [-0.3, -0.25) is 0 Å². The van der Waals surface area contributed by atoms with E-state index < -0.39 is 0 Å². The van der Waals surface area contributed by atoms with Crippen LogP contribution in [0.25, 0.3) is 0 Å². The highest BCUT2D eigenvalue weighted by atomic mass is 79.9. The molecule has 2 nitrogen and oxygen atoms in total. The summed E-state index contributed by atoms with van der Waals surface area (Å²) in [6, 6.07) is 8.67. The molecule has 1 heterocycles. The van der Waals surface area contributed by atoms with Crippen LogP contribution in [0.1, 0.15) is 5.56 Å². The second-order valence-electron chi connectivity index (χ2n) is 4.51. The van der Waals surface area contributed by atoms with Crippen LogP contribution in [0.2, 0.25) is 0 Å². The lowest BCUT2D eigenvalue weighted by molar-refractivity contribution is -1.01. The Hall–Kier alpha value is -0.380. The highest BCUT2D eigenvalue weighted by molar-refractivity contribution is 9.10. The predicted octanol–water partition coefficient (Wildman–Crippen LogP) is -0.638. The van der Waals surface area contributed by atoms with Gasteiger partial charge in [-0.1, -0.05) is 28.1 Å². The maximum atomic E-state index is 3.52. The SMILES string of the molecule is C[NH+]1CC[NH+](Cc2cccc(Br)c2)CC1. The summed E-state index contributed by atoms with van der Waals surface area (Å²) >= 11 is 3.52. The lowest BCUT2D eigenvalue weighted by atomic mass is 10.2. The first-order chi connectivity index (χ1) is 7.24. The predicted molar refractivity (Wildman–Crippen MR) is 65.2 cm³/mol. The summed E-state index contributed by atoms with van der Waals surface area (Å²) < 4.78 is 1.19. The third kappa shape index (κ3) is 3.30. The number of nitrogens with one attached hydrogen (secondary N) is 2. The van der Waals surface area contributed by atoms with Crippen molar-refractivity contribution in [2.24, 2.45) is 0 Å². The molecule has 0 amide bonds. The lowest BCUT2D eigenvalue weighted by Gasteiger charge is -2.27. The maximum Gasteiger partial charge on any atom is 0.127 e. The Balaban J connectivity index is 1.92. The van der Waals surface area contributed by atoms with E-state index in [9.17, 15) is 0 Å². The zero-order valence-corrected chi connectivity index (χ0v) is 10.8. The Morgan fingerprint density at radius 3 is 2.60 bits per heavy atom. The Morgan fingerprint density at radius 1 is 1.20 bits per heavy atom. The van der Waals surface area contributed by atoms with Crippen molar-refractivity contribution in [2.45, 2.75) is 6.54 Å². The van der Waals surface area contributed by atoms with Gasteiger partial charge in [0, 0.05) is 10.0 Å². The number of quaternary nitrogens is 2. The molecule has 15 heavy (non-hydrogen) atoms. The number of halogens is 1. The van der Waals surface area contributed by atoms with Crippen molar-refractivity contribution < 1.29 is 9.80 Å². The van der Waals surface area contributed by atoms with E-state index in [-0.39, 0.29) is 0 Å². The number of hydrogen-bond acceptors (Lipinski definition) is 0. The molecule has 1 aromatic rings. The van der Waals surface area contributed by atoms with Crippen molar-refractivity contribution in [1.82, 2.24) is 0 Å². The molecule has 1 saturated heterocycles. The van der Waals surface area contributed by atoms with Crippen LogP contribution in [0.5, 0.6) is 0 Å². The Morgan fingerprint density at radius 2 is 1.93 bits per heavy atom. The van der Waals surface area contributed by atoms with E-state index in [1.54, 1.807) is 9.80 Å². The van der Waals surface area contributed by atoms with Gasteiger partial charge in [0.15, 0.2) is 0 Å². The minimum atomic E-state index is 1.17. The van der Waals surface area contributed by atoms with Crippen LogP contribution in [0.4, 0.5) is 0 Å². The molecule has 0 atom stereocenters. The summed E-state index contributed by atoms with van der Waals surface area (Å²) in [5, 5.41) is 0. The fraction of sp³-hybridized carbons (Fsp3) is 0.500. The minimum absolute atomic E-state index is 1.17. The van der Waals surface area contributed by atoms with Crippen LogP contribution in [0.3, 0.4) is 0 Å². The van der Waals surface area contributed by atoms with Gasteiger partial charge in [-0.2, -0.15) is 0 Å². The third-order valence-corrected chi connectivity index (χ3v) is 3.65. The molecule has 82 valence electrons. The molecular weight excluding hydrogens is 252 g/mol. The van der Waals surface area contributed by atoms with Crippen molar-refractivity contribution in [3.05, 3.63) is 34.3 Å². The Bertz CT molecular complexity index is 319. The lowest BCUT2D eigenvalue weighted by Crippen LogP contribution is -3.26. The van der Waals surface area contributed by atoms with E-state index in [0.717, 1.165) is 0 Å². The first kappa shape index (κ1) is 11.1. The molecule has 3 heteroatoms. The summed E-state index contributed by atoms with van der Waals surface area (Å²) in [6.07, 6.45) is 0. The van der Waals surface area contributed by atoms with Gasteiger partial charge in [-0.05, 0) is 12.1 Å². The average Bonchev–Trinajstić information content (AvgIpc) is 2.22. The summed E-state index contributed by atoms with van der Waals surface area (Å²) in [7, 11) is 2.29. The van der Waals surface area contributed by atoms with Crippen LogP contribution in [0, 0.1) is 0 Å². The summed E-state index contributed by atoms with van der Waals surface area (Å²) in [4.78, 5) is 3.40. The first-order valence-electron chi connectivity index (χ1n) is 5.63. The van der Waals surface area contributed by atoms with Crippen LogP contribution >= 0.6 is 15.9 Å². The highest BCUT2D eigenvalue weighted by Crippen LogP contribution is 2.10. The molecule has 0 aromatic heterocycles. The number of benzene rings is 1. The third-order valence-electron chi connectivity index (χ3n) is 3.15. The van der Waals surface area contributed by atoms with E-state index >= 15 is 0 Å². The highest BCUT2D eigenvalue weighted by Gasteiger charge is 2.19. The van der Waals surface area contributed by atoms with Gasteiger partial charge in [-0.15, -0.1) is 0 Å².